The number of nitrogens with two attached hydrogens (primary N) is 1. The van der Waals surface area contributed by atoms with E-state index in [4.69, 9.17) is 5.73 Å². The van der Waals surface area contributed by atoms with Gasteiger partial charge < -0.3 is 10.6 Å². The number of rotatable bonds is 12. The third-order valence-electron chi connectivity index (χ3n) is 6.73. The van der Waals surface area contributed by atoms with E-state index >= 15 is 0 Å². The van der Waals surface area contributed by atoms with Crippen LogP contribution in [-0.2, 0) is 12.4 Å². The topological polar surface area (TPSA) is 80.8 Å². The SMILES string of the molecule is NCCCCCCCCCCN(c1ncnc2cc(C(F)(F)F)ccc12)c1ncnc2cc(C(F)(F)F)ccc12. The van der Waals surface area contributed by atoms with Crippen molar-refractivity contribution in [2.45, 2.75) is 63.7 Å². The van der Waals surface area contributed by atoms with Crippen LogP contribution in [0.3, 0.4) is 0 Å². The first-order valence-corrected chi connectivity index (χ1v) is 13.2. The third kappa shape index (κ3) is 7.15. The number of alkyl halides is 6. The molecular weight excluding hydrogens is 534 g/mol. The molecule has 0 unspecified atom stereocenters. The molecule has 0 aliphatic rings. The van der Waals surface area contributed by atoms with Crippen molar-refractivity contribution in [3.8, 4) is 0 Å². The summed E-state index contributed by atoms with van der Waals surface area (Å²) in [5.74, 6) is 0.640. The maximum absolute atomic E-state index is 13.3. The molecule has 0 aliphatic heterocycles. The Labute approximate surface area is 227 Å². The van der Waals surface area contributed by atoms with Gasteiger partial charge in [0.15, 0.2) is 0 Å². The van der Waals surface area contributed by atoms with Gasteiger partial charge in [0, 0.05) is 17.3 Å². The molecule has 2 aromatic heterocycles. The molecule has 0 fully saturated rings. The fourth-order valence-electron chi connectivity index (χ4n) is 4.66. The number of nitrogens with zero attached hydrogens (tertiary/aromatic N) is 5. The van der Waals surface area contributed by atoms with Gasteiger partial charge in [-0.2, -0.15) is 26.3 Å². The molecule has 0 saturated carbocycles. The molecule has 0 spiro atoms. The van der Waals surface area contributed by atoms with Crippen LogP contribution in [0.4, 0.5) is 38.0 Å². The standard InChI is InChI=1S/C28H30F6N6/c29-27(30,31)19-9-11-21-23(15-19)36-17-38-25(21)40(14-8-6-4-2-1-3-5-7-13-35)26-22-12-10-20(28(32,33)34)16-24(22)37-18-39-26/h9-12,15-18H,1-8,13-14,35H2. The average Bonchev–Trinajstić information content (AvgIpc) is 2.92. The number of fused-ring (bicyclic) bond motifs is 2. The summed E-state index contributed by atoms with van der Waals surface area (Å²) in [4.78, 5) is 18.6. The first-order valence-electron chi connectivity index (χ1n) is 13.2. The van der Waals surface area contributed by atoms with Crippen molar-refractivity contribution in [2.24, 2.45) is 5.73 Å². The number of hydrogen-bond donors (Lipinski definition) is 1. The van der Waals surface area contributed by atoms with Crippen molar-refractivity contribution in [1.82, 2.24) is 19.9 Å². The molecule has 2 N–H and O–H groups in total. The van der Waals surface area contributed by atoms with Gasteiger partial charge in [0.1, 0.15) is 24.3 Å². The van der Waals surface area contributed by atoms with Gasteiger partial charge in [0.05, 0.1) is 22.2 Å². The lowest BCUT2D eigenvalue weighted by atomic mass is 10.1. The molecule has 6 nitrogen and oxygen atoms in total. The second-order valence-electron chi connectivity index (χ2n) is 9.62. The van der Waals surface area contributed by atoms with Gasteiger partial charge >= 0.3 is 12.4 Å². The molecule has 0 amide bonds. The molecule has 2 aromatic carbocycles. The molecule has 0 aliphatic carbocycles. The predicted octanol–water partition coefficient (Wildman–Crippen LogP) is 7.83. The summed E-state index contributed by atoms with van der Waals surface area (Å²) in [5, 5.41) is 0.739. The zero-order valence-corrected chi connectivity index (χ0v) is 21.8. The number of aromatic nitrogens is 4. The van der Waals surface area contributed by atoms with E-state index < -0.39 is 23.5 Å². The summed E-state index contributed by atoms with van der Waals surface area (Å²) >= 11 is 0. The quantitative estimate of drug-likeness (QED) is 0.140. The fraction of sp³-hybridized carbons (Fsp3) is 0.429. The van der Waals surface area contributed by atoms with Gasteiger partial charge in [-0.1, -0.05) is 38.5 Å². The van der Waals surface area contributed by atoms with Gasteiger partial charge in [-0.25, -0.2) is 19.9 Å². The molecular formula is C28H30F6N6. The van der Waals surface area contributed by atoms with E-state index in [0.717, 1.165) is 69.2 Å². The molecule has 2 heterocycles. The van der Waals surface area contributed by atoms with Crippen LogP contribution >= 0.6 is 0 Å². The second kappa shape index (κ2) is 12.8. The Kier molecular flexibility index (Phi) is 9.39. The highest BCUT2D eigenvalue weighted by Gasteiger charge is 2.32. The van der Waals surface area contributed by atoms with Crippen LogP contribution < -0.4 is 10.6 Å². The largest absolute Gasteiger partial charge is 0.416 e. The minimum absolute atomic E-state index is 0.0972. The highest BCUT2D eigenvalue weighted by Crippen LogP contribution is 2.37. The van der Waals surface area contributed by atoms with Crippen LogP contribution in [0, 0.1) is 0 Å². The van der Waals surface area contributed by atoms with Gasteiger partial charge in [-0.3, -0.25) is 0 Å². The van der Waals surface area contributed by atoms with Gasteiger partial charge in [-0.05, 0) is 55.8 Å². The summed E-state index contributed by atoms with van der Waals surface area (Å²) in [6.07, 6.45) is 1.30. The van der Waals surface area contributed by atoms with Crippen LogP contribution in [0.1, 0.15) is 62.5 Å². The minimum atomic E-state index is -4.54. The van der Waals surface area contributed by atoms with E-state index in [1.54, 1.807) is 4.90 Å². The smallest absolute Gasteiger partial charge is 0.330 e. The van der Waals surface area contributed by atoms with E-state index in [9.17, 15) is 26.3 Å². The van der Waals surface area contributed by atoms with Crippen molar-refractivity contribution in [2.75, 3.05) is 18.0 Å². The van der Waals surface area contributed by atoms with E-state index in [-0.39, 0.29) is 11.0 Å². The molecule has 4 rings (SSSR count). The Morgan fingerprint density at radius 3 is 1.43 bits per heavy atom. The van der Waals surface area contributed by atoms with Gasteiger partial charge in [-0.15, -0.1) is 0 Å². The number of halogens is 6. The van der Waals surface area contributed by atoms with Crippen molar-refractivity contribution in [3.63, 3.8) is 0 Å². The summed E-state index contributed by atoms with van der Waals surface area (Å²) in [6.45, 7) is 1.09. The Hall–Kier alpha value is -3.54. The first kappa shape index (κ1) is 29.4. The van der Waals surface area contributed by atoms with E-state index in [1.165, 1.54) is 24.8 Å². The third-order valence-corrected chi connectivity index (χ3v) is 6.73. The molecule has 214 valence electrons. The molecule has 0 radical (unpaired) electrons. The van der Waals surface area contributed by atoms with E-state index in [1.807, 2.05) is 0 Å². The molecule has 12 heteroatoms. The lowest BCUT2D eigenvalue weighted by Gasteiger charge is -2.25. The summed E-state index contributed by atoms with van der Waals surface area (Å²) in [5.41, 5.74) is 4.05. The van der Waals surface area contributed by atoms with Crippen molar-refractivity contribution < 1.29 is 26.3 Å². The minimum Gasteiger partial charge on any atom is -0.330 e. The highest BCUT2D eigenvalue weighted by molar-refractivity contribution is 5.97. The summed E-state index contributed by atoms with van der Waals surface area (Å²) < 4.78 is 80.0. The van der Waals surface area contributed by atoms with Crippen LogP contribution in [0.25, 0.3) is 21.8 Å². The highest BCUT2D eigenvalue weighted by atomic mass is 19.4. The zero-order chi connectivity index (χ0) is 28.8. The van der Waals surface area contributed by atoms with E-state index in [2.05, 4.69) is 19.9 Å². The zero-order valence-electron chi connectivity index (χ0n) is 21.8. The molecule has 0 saturated heterocycles. The van der Waals surface area contributed by atoms with Crippen molar-refractivity contribution in [3.05, 3.63) is 60.2 Å². The normalized spacial score (nSPS) is 12.4. The maximum Gasteiger partial charge on any atom is 0.416 e. The van der Waals surface area contributed by atoms with Crippen LogP contribution in [0.15, 0.2) is 49.1 Å². The van der Waals surface area contributed by atoms with Crippen LogP contribution in [0.2, 0.25) is 0 Å². The van der Waals surface area contributed by atoms with Crippen LogP contribution in [-0.4, -0.2) is 33.0 Å². The Bertz CT molecular complexity index is 1330. The Morgan fingerprint density at radius 2 is 1.00 bits per heavy atom. The van der Waals surface area contributed by atoms with Crippen molar-refractivity contribution in [1.29, 1.82) is 0 Å². The molecule has 0 atom stereocenters. The Morgan fingerprint density at radius 1 is 0.575 bits per heavy atom. The first-order chi connectivity index (χ1) is 19.1. The lowest BCUT2D eigenvalue weighted by Crippen LogP contribution is -2.22. The van der Waals surface area contributed by atoms with Crippen molar-refractivity contribution >= 4 is 33.4 Å². The average molecular weight is 565 g/mol. The van der Waals surface area contributed by atoms with Gasteiger partial charge in [0.2, 0.25) is 0 Å². The lowest BCUT2D eigenvalue weighted by molar-refractivity contribution is -0.138. The fourth-order valence-corrected chi connectivity index (χ4v) is 4.66. The Balaban J connectivity index is 1.66. The van der Waals surface area contributed by atoms with Crippen LogP contribution in [0.5, 0.6) is 0 Å². The summed E-state index contributed by atoms with van der Waals surface area (Å²) in [6, 6.07) is 6.46. The van der Waals surface area contributed by atoms with E-state index in [0.29, 0.717) is 41.9 Å². The maximum atomic E-state index is 13.3. The number of benzene rings is 2. The number of hydrogen-bond acceptors (Lipinski definition) is 6. The summed E-state index contributed by atoms with van der Waals surface area (Å²) in [7, 11) is 0. The number of unbranched alkanes of at least 4 members (excludes halogenated alkanes) is 7. The molecule has 0 bridgehead atoms. The monoisotopic (exact) mass is 564 g/mol. The number of anilines is 2. The second-order valence-corrected chi connectivity index (χ2v) is 9.62. The predicted molar refractivity (Wildman–Crippen MR) is 142 cm³/mol. The van der Waals surface area contributed by atoms with Gasteiger partial charge in [0.25, 0.3) is 0 Å². The molecule has 4 aromatic rings. The molecule has 40 heavy (non-hydrogen) atoms.